The maximum absolute atomic E-state index is 8.97. The third-order valence-corrected chi connectivity index (χ3v) is 3.84. The molecule has 7 heteroatoms. The van der Waals surface area contributed by atoms with E-state index in [1.807, 2.05) is 12.1 Å². The predicted octanol–water partition coefficient (Wildman–Crippen LogP) is 3.14. The van der Waals surface area contributed by atoms with Gasteiger partial charge in [0.05, 0.1) is 18.0 Å². The van der Waals surface area contributed by atoms with E-state index in [4.69, 9.17) is 5.26 Å². The highest BCUT2D eigenvalue weighted by atomic mass is 79.9. The van der Waals surface area contributed by atoms with E-state index in [0.717, 1.165) is 19.9 Å². The van der Waals surface area contributed by atoms with Crippen LogP contribution in [0.5, 0.6) is 0 Å². The van der Waals surface area contributed by atoms with Gasteiger partial charge in [-0.15, -0.1) is 0 Å². The van der Waals surface area contributed by atoms with Crippen LogP contribution in [-0.4, -0.2) is 19.9 Å². The Morgan fingerprint density at radius 3 is 2.95 bits per heavy atom. The topological polar surface area (TPSA) is 78.2 Å². The SMILES string of the molecule is N#Cc1cc(Br)cc(Sc2ncnc3nc[nH]c23)c1. The number of rotatable bonds is 2. The van der Waals surface area contributed by atoms with Gasteiger partial charge >= 0.3 is 0 Å². The first-order valence-electron chi connectivity index (χ1n) is 5.29. The highest BCUT2D eigenvalue weighted by molar-refractivity contribution is 9.10. The van der Waals surface area contributed by atoms with Gasteiger partial charge in [0.1, 0.15) is 16.9 Å². The number of aromatic amines is 1. The van der Waals surface area contributed by atoms with E-state index < -0.39 is 0 Å². The molecule has 1 aromatic carbocycles. The van der Waals surface area contributed by atoms with Crippen molar-refractivity contribution in [1.82, 2.24) is 19.9 Å². The summed E-state index contributed by atoms with van der Waals surface area (Å²) < 4.78 is 0.865. The molecule has 0 aliphatic carbocycles. The van der Waals surface area contributed by atoms with Gasteiger partial charge in [-0.3, -0.25) is 0 Å². The summed E-state index contributed by atoms with van der Waals surface area (Å²) in [5.74, 6) is 0. The Morgan fingerprint density at radius 2 is 2.11 bits per heavy atom. The second kappa shape index (κ2) is 4.99. The Morgan fingerprint density at radius 1 is 1.21 bits per heavy atom. The summed E-state index contributed by atoms with van der Waals surface area (Å²) >= 11 is 4.85. The molecule has 0 saturated carbocycles. The number of nitrogens with one attached hydrogen (secondary N) is 1. The van der Waals surface area contributed by atoms with Crippen molar-refractivity contribution >= 4 is 38.9 Å². The third-order valence-electron chi connectivity index (χ3n) is 2.40. The third kappa shape index (κ3) is 2.45. The van der Waals surface area contributed by atoms with E-state index in [2.05, 4.69) is 41.9 Å². The van der Waals surface area contributed by atoms with Gasteiger partial charge in [-0.1, -0.05) is 27.7 Å². The van der Waals surface area contributed by atoms with Gasteiger partial charge < -0.3 is 4.98 Å². The number of benzene rings is 1. The molecule has 0 saturated heterocycles. The van der Waals surface area contributed by atoms with Crippen molar-refractivity contribution in [2.75, 3.05) is 0 Å². The largest absolute Gasteiger partial charge is 0.341 e. The summed E-state index contributed by atoms with van der Waals surface area (Å²) in [6.45, 7) is 0. The molecule has 0 atom stereocenters. The van der Waals surface area contributed by atoms with Crippen molar-refractivity contribution < 1.29 is 0 Å². The van der Waals surface area contributed by atoms with Crippen molar-refractivity contribution in [2.24, 2.45) is 0 Å². The molecule has 3 rings (SSSR count). The fourth-order valence-corrected chi connectivity index (χ4v) is 3.21. The average Bonchev–Trinajstić information content (AvgIpc) is 2.87. The van der Waals surface area contributed by atoms with E-state index >= 15 is 0 Å². The minimum Gasteiger partial charge on any atom is -0.341 e. The summed E-state index contributed by atoms with van der Waals surface area (Å²) in [7, 11) is 0. The molecular weight excluding hydrogens is 326 g/mol. The normalized spacial score (nSPS) is 10.5. The lowest BCUT2D eigenvalue weighted by Crippen LogP contribution is -1.86. The molecule has 3 aromatic rings. The van der Waals surface area contributed by atoms with Gasteiger partial charge in [0.15, 0.2) is 5.65 Å². The van der Waals surface area contributed by atoms with E-state index in [9.17, 15) is 0 Å². The van der Waals surface area contributed by atoms with Crippen LogP contribution in [0, 0.1) is 11.3 Å². The Balaban J connectivity index is 2.04. The lowest BCUT2D eigenvalue weighted by atomic mass is 10.2. The lowest BCUT2D eigenvalue weighted by Gasteiger charge is -2.03. The molecule has 0 bridgehead atoms. The highest BCUT2D eigenvalue weighted by Gasteiger charge is 2.08. The van der Waals surface area contributed by atoms with Gasteiger partial charge in [-0.25, -0.2) is 15.0 Å². The number of aromatic nitrogens is 4. The molecule has 92 valence electrons. The van der Waals surface area contributed by atoms with Gasteiger partial charge in [0, 0.05) is 9.37 Å². The first-order chi connectivity index (χ1) is 9.26. The number of H-pyrrole nitrogens is 1. The summed E-state index contributed by atoms with van der Waals surface area (Å²) in [4.78, 5) is 16.3. The standard InChI is InChI=1S/C12H6BrN5S/c13-8-1-7(4-14)2-9(3-8)19-12-10-11(16-5-15-10)17-6-18-12/h1-3,5-6H,(H,15,16,17,18). The number of fused-ring (bicyclic) bond motifs is 1. The maximum Gasteiger partial charge on any atom is 0.181 e. The summed E-state index contributed by atoms with van der Waals surface area (Å²) in [5.41, 5.74) is 2.03. The average molecular weight is 332 g/mol. The Labute approximate surface area is 121 Å². The first kappa shape index (κ1) is 12.1. The van der Waals surface area contributed by atoms with Crippen LogP contribution in [0.2, 0.25) is 0 Å². The van der Waals surface area contributed by atoms with Crippen LogP contribution in [0.15, 0.2) is 45.2 Å². The van der Waals surface area contributed by atoms with Crippen molar-refractivity contribution in [1.29, 1.82) is 5.26 Å². The number of nitriles is 1. The summed E-state index contributed by atoms with van der Waals surface area (Å²) in [6, 6.07) is 7.66. The first-order valence-corrected chi connectivity index (χ1v) is 6.90. The lowest BCUT2D eigenvalue weighted by molar-refractivity contribution is 1.08. The van der Waals surface area contributed by atoms with E-state index in [-0.39, 0.29) is 0 Å². The molecular formula is C12H6BrN5S. The number of imidazole rings is 1. The molecule has 2 heterocycles. The summed E-state index contributed by atoms with van der Waals surface area (Å²) in [5, 5.41) is 9.75. The van der Waals surface area contributed by atoms with Crippen molar-refractivity contribution in [3.8, 4) is 6.07 Å². The van der Waals surface area contributed by atoms with Crippen molar-refractivity contribution in [2.45, 2.75) is 9.92 Å². The van der Waals surface area contributed by atoms with Crippen LogP contribution in [0.4, 0.5) is 0 Å². The minimum atomic E-state index is 0.604. The maximum atomic E-state index is 8.97. The Bertz CT molecular complexity index is 792. The second-order valence-electron chi connectivity index (χ2n) is 3.67. The fourth-order valence-electron chi connectivity index (χ4n) is 1.62. The van der Waals surface area contributed by atoms with Crippen LogP contribution >= 0.6 is 27.7 Å². The predicted molar refractivity (Wildman–Crippen MR) is 74.7 cm³/mol. The second-order valence-corrected chi connectivity index (χ2v) is 5.65. The smallest absolute Gasteiger partial charge is 0.181 e. The molecule has 0 amide bonds. The van der Waals surface area contributed by atoms with Gasteiger partial charge in [-0.05, 0) is 18.2 Å². The molecule has 0 fully saturated rings. The van der Waals surface area contributed by atoms with Crippen LogP contribution in [0.3, 0.4) is 0 Å². The molecule has 0 aliphatic rings. The number of hydrogen-bond acceptors (Lipinski definition) is 5. The van der Waals surface area contributed by atoms with E-state index in [1.165, 1.54) is 18.1 Å². The van der Waals surface area contributed by atoms with E-state index in [1.54, 1.807) is 12.4 Å². The summed E-state index contributed by atoms with van der Waals surface area (Å²) in [6.07, 6.45) is 3.07. The monoisotopic (exact) mass is 331 g/mol. The molecule has 5 nitrogen and oxygen atoms in total. The molecule has 0 radical (unpaired) electrons. The number of halogens is 1. The molecule has 1 N–H and O–H groups in total. The minimum absolute atomic E-state index is 0.604. The van der Waals surface area contributed by atoms with Gasteiger partial charge in [0.2, 0.25) is 0 Å². The molecule has 2 aromatic heterocycles. The van der Waals surface area contributed by atoms with Gasteiger partial charge in [-0.2, -0.15) is 5.26 Å². The van der Waals surface area contributed by atoms with Crippen LogP contribution in [0.1, 0.15) is 5.56 Å². The fraction of sp³-hybridized carbons (Fsp3) is 0. The van der Waals surface area contributed by atoms with Gasteiger partial charge in [0.25, 0.3) is 0 Å². The highest BCUT2D eigenvalue weighted by Crippen LogP contribution is 2.32. The Hall–Kier alpha value is -1.91. The molecule has 0 unspecified atom stereocenters. The Kier molecular flexibility index (Phi) is 3.19. The molecule has 19 heavy (non-hydrogen) atoms. The zero-order valence-corrected chi connectivity index (χ0v) is 11.9. The van der Waals surface area contributed by atoms with Crippen LogP contribution in [-0.2, 0) is 0 Å². The zero-order chi connectivity index (χ0) is 13.2. The van der Waals surface area contributed by atoms with Crippen LogP contribution in [0.25, 0.3) is 11.2 Å². The zero-order valence-electron chi connectivity index (χ0n) is 9.46. The quantitative estimate of drug-likeness (QED) is 0.730. The number of nitrogens with zero attached hydrogens (tertiary/aromatic N) is 4. The van der Waals surface area contributed by atoms with Crippen molar-refractivity contribution in [3.05, 3.63) is 40.9 Å². The molecule has 0 spiro atoms. The number of hydrogen-bond donors (Lipinski definition) is 1. The van der Waals surface area contributed by atoms with E-state index in [0.29, 0.717) is 11.2 Å². The molecule has 0 aliphatic heterocycles. The van der Waals surface area contributed by atoms with Crippen LogP contribution < -0.4 is 0 Å². The van der Waals surface area contributed by atoms with Crippen molar-refractivity contribution in [3.63, 3.8) is 0 Å².